The number of hydrogen-bond acceptors (Lipinski definition) is 10. The smallest absolute Gasteiger partial charge is 0.258 e. The zero-order valence-electron chi connectivity index (χ0n) is 25.8. The number of nitrogens with zero attached hydrogens (tertiary/aromatic N) is 6. The Morgan fingerprint density at radius 1 is 0.340 bits per heavy atom. The number of para-hydroxylation sites is 4. The third-order valence-electron chi connectivity index (χ3n) is 7.22. The lowest BCUT2D eigenvalue weighted by Gasteiger charge is -2.08. The maximum absolute atomic E-state index is 11.7. The molecule has 50 heavy (non-hydrogen) atoms. The van der Waals surface area contributed by atoms with Gasteiger partial charge in [0.25, 0.3) is 22.7 Å². The van der Waals surface area contributed by atoms with Crippen LogP contribution < -0.4 is 0 Å². The largest absolute Gasteiger partial charge is 0.276 e. The van der Waals surface area contributed by atoms with Crippen LogP contribution in [0, 0.1) is 40.5 Å². The molecule has 4 aromatic carbocycles. The van der Waals surface area contributed by atoms with Gasteiger partial charge in [-0.05, 0) is 72.9 Å². The summed E-state index contributed by atoms with van der Waals surface area (Å²) in [5.74, 6) is 0. The van der Waals surface area contributed by atoms with E-state index in [0.29, 0.717) is 0 Å². The molecule has 1 heterocycles. The van der Waals surface area contributed by atoms with Crippen LogP contribution in [0.3, 0.4) is 0 Å². The summed E-state index contributed by atoms with van der Waals surface area (Å²) in [6, 6.07) is 24.2. The van der Waals surface area contributed by atoms with E-state index in [1.165, 1.54) is 97.1 Å². The summed E-state index contributed by atoms with van der Waals surface area (Å²) < 4.78 is 0. The fourth-order valence-electron chi connectivity index (χ4n) is 4.83. The van der Waals surface area contributed by atoms with Crippen molar-refractivity contribution in [3.8, 4) is 0 Å². The number of nitro benzene ring substituents is 4. The van der Waals surface area contributed by atoms with Gasteiger partial charge in [0.05, 0.1) is 64.7 Å². The van der Waals surface area contributed by atoms with E-state index in [9.17, 15) is 40.5 Å². The third kappa shape index (κ3) is 8.08. The second-order valence-electron chi connectivity index (χ2n) is 10.4. The first-order chi connectivity index (χ1) is 24.1. The van der Waals surface area contributed by atoms with Crippen LogP contribution in [-0.2, 0) is 0 Å². The van der Waals surface area contributed by atoms with Gasteiger partial charge >= 0.3 is 0 Å². The molecule has 0 atom stereocenters. The average Bonchev–Trinajstić information content (AvgIpc) is 3.12. The van der Waals surface area contributed by atoms with Crippen molar-refractivity contribution in [2.45, 2.75) is 0 Å². The van der Waals surface area contributed by atoms with Crippen molar-refractivity contribution < 1.29 is 19.7 Å². The molecule has 0 radical (unpaired) electrons. The van der Waals surface area contributed by atoms with Gasteiger partial charge in [0.2, 0.25) is 0 Å². The second kappa shape index (κ2) is 15.4. The Labute approximate surface area is 283 Å². The highest BCUT2D eigenvalue weighted by atomic mass is 16.6. The summed E-state index contributed by atoms with van der Waals surface area (Å²) in [6.45, 7) is 0. The van der Waals surface area contributed by atoms with E-state index in [-0.39, 0.29) is 67.8 Å². The zero-order chi connectivity index (χ0) is 35.6. The Hall–Kier alpha value is -7.48. The molecule has 1 aromatic heterocycles. The molecule has 0 spiro atoms. The van der Waals surface area contributed by atoms with Crippen molar-refractivity contribution in [3.05, 3.63) is 183 Å². The summed E-state index contributed by atoms with van der Waals surface area (Å²) in [6.07, 6.45) is 11.9. The molecular weight excluding hydrogens is 644 g/mol. The minimum Gasteiger partial charge on any atom is -0.258 e. The van der Waals surface area contributed by atoms with E-state index in [4.69, 9.17) is 9.97 Å². The molecule has 0 saturated carbocycles. The van der Waals surface area contributed by atoms with Crippen LogP contribution in [0.4, 0.5) is 22.7 Å². The van der Waals surface area contributed by atoms with Crippen LogP contribution in [0.15, 0.2) is 97.1 Å². The summed E-state index contributed by atoms with van der Waals surface area (Å²) >= 11 is 0. The monoisotopic (exact) mass is 668 g/mol. The summed E-state index contributed by atoms with van der Waals surface area (Å²) in [4.78, 5) is 54.0. The van der Waals surface area contributed by atoms with E-state index in [1.807, 2.05) is 0 Å². The Kier molecular flexibility index (Phi) is 10.4. The third-order valence-corrected chi connectivity index (χ3v) is 7.22. The predicted molar refractivity (Wildman–Crippen MR) is 190 cm³/mol. The molecule has 246 valence electrons. The van der Waals surface area contributed by atoms with E-state index in [1.54, 1.807) is 48.5 Å². The van der Waals surface area contributed by atoms with E-state index < -0.39 is 19.7 Å². The van der Waals surface area contributed by atoms with E-state index >= 15 is 0 Å². The number of aromatic nitrogens is 2. The molecule has 0 bridgehead atoms. The van der Waals surface area contributed by atoms with Gasteiger partial charge in [-0.3, -0.25) is 40.5 Å². The van der Waals surface area contributed by atoms with Crippen molar-refractivity contribution in [3.63, 3.8) is 0 Å². The molecule has 0 aliphatic carbocycles. The molecule has 0 unspecified atom stereocenters. The molecule has 14 nitrogen and oxygen atoms in total. The summed E-state index contributed by atoms with van der Waals surface area (Å²) in [7, 11) is 0. The molecule has 0 amide bonds. The molecule has 5 rings (SSSR count). The van der Waals surface area contributed by atoms with Gasteiger partial charge in [0, 0.05) is 24.3 Å². The standard InChI is InChI=1S/C36H24N6O8/c43-39(44)33-13-5-1-9-25(33)17-21-29-30(22-18-26-10-2-6-14-34(26)40(45)46)38-32(24-20-28-12-4-8-16-36(28)42(49)50)31(37-29)23-19-27-11-3-7-15-35(27)41(47)48/h1-24H. The minimum absolute atomic E-state index is 0.158. The zero-order valence-corrected chi connectivity index (χ0v) is 25.8. The summed E-state index contributed by atoms with van der Waals surface area (Å²) in [5, 5.41) is 46.7. The fraction of sp³-hybridized carbons (Fsp3) is 0. The van der Waals surface area contributed by atoms with Crippen molar-refractivity contribution in [2.24, 2.45) is 0 Å². The molecule has 0 fully saturated rings. The number of benzene rings is 4. The number of hydrogen-bond donors (Lipinski definition) is 0. The first-order valence-electron chi connectivity index (χ1n) is 14.7. The average molecular weight is 669 g/mol. The predicted octanol–water partition coefficient (Wildman–Crippen LogP) is 8.79. The highest BCUT2D eigenvalue weighted by Crippen LogP contribution is 2.27. The van der Waals surface area contributed by atoms with Gasteiger partial charge in [-0.2, -0.15) is 0 Å². The first kappa shape index (κ1) is 33.9. The molecular formula is C36H24N6O8. The first-order valence-corrected chi connectivity index (χ1v) is 14.7. The van der Waals surface area contributed by atoms with Crippen LogP contribution in [0.5, 0.6) is 0 Å². The van der Waals surface area contributed by atoms with Crippen molar-refractivity contribution >= 4 is 71.4 Å². The van der Waals surface area contributed by atoms with Gasteiger partial charge in [0.1, 0.15) is 0 Å². The fourth-order valence-corrected chi connectivity index (χ4v) is 4.83. The molecule has 0 saturated heterocycles. The Balaban J connectivity index is 1.73. The van der Waals surface area contributed by atoms with Gasteiger partial charge in [0.15, 0.2) is 0 Å². The SMILES string of the molecule is O=[N+]([O-])c1ccccc1C=Cc1nc(C=Cc2ccccc2[N+](=O)[O-])c(C=Cc2ccccc2[N+](=O)[O-])nc1C=Cc1ccccc1[N+](=O)[O-]. The lowest BCUT2D eigenvalue weighted by atomic mass is 10.1. The van der Waals surface area contributed by atoms with Crippen molar-refractivity contribution in [1.29, 1.82) is 0 Å². The number of rotatable bonds is 12. The van der Waals surface area contributed by atoms with Crippen LogP contribution in [-0.4, -0.2) is 29.7 Å². The normalized spacial score (nSPS) is 11.5. The maximum Gasteiger partial charge on any atom is 0.276 e. The quantitative estimate of drug-likeness (QED) is 0.0914. The highest BCUT2D eigenvalue weighted by molar-refractivity contribution is 5.84. The lowest BCUT2D eigenvalue weighted by Crippen LogP contribution is -2.00. The maximum atomic E-state index is 11.7. The number of nitro groups is 4. The second-order valence-corrected chi connectivity index (χ2v) is 10.4. The molecule has 5 aromatic rings. The lowest BCUT2D eigenvalue weighted by molar-refractivity contribution is -0.385. The Morgan fingerprint density at radius 2 is 0.540 bits per heavy atom. The van der Waals surface area contributed by atoms with E-state index in [0.717, 1.165) is 0 Å². The van der Waals surface area contributed by atoms with Gasteiger partial charge in [-0.15, -0.1) is 0 Å². The Morgan fingerprint density at radius 3 is 0.740 bits per heavy atom. The Bertz CT molecular complexity index is 1950. The van der Waals surface area contributed by atoms with Crippen LogP contribution in [0.2, 0.25) is 0 Å². The van der Waals surface area contributed by atoms with Crippen LogP contribution in [0.25, 0.3) is 48.6 Å². The van der Waals surface area contributed by atoms with Crippen molar-refractivity contribution in [1.82, 2.24) is 9.97 Å². The van der Waals surface area contributed by atoms with E-state index in [2.05, 4.69) is 0 Å². The van der Waals surface area contributed by atoms with Gasteiger partial charge in [-0.1, -0.05) is 48.5 Å². The highest BCUT2D eigenvalue weighted by Gasteiger charge is 2.15. The molecule has 0 aliphatic heterocycles. The van der Waals surface area contributed by atoms with Crippen molar-refractivity contribution in [2.75, 3.05) is 0 Å². The summed E-state index contributed by atoms with van der Waals surface area (Å²) in [5.41, 5.74) is 1.23. The molecule has 0 N–H and O–H groups in total. The van der Waals surface area contributed by atoms with Gasteiger partial charge < -0.3 is 0 Å². The molecule has 0 aliphatic rings. The van der Waals surface area contributed by atoms with Crippen LogP contribution >= 0.6 is 0 Å². The van der Waals surface area contributed by atoms with Gasteiger partial charge in [-0.25, -0.2) is 9.97 Å². The molecule has 14 heteroatoms. The topological polar surface area (TPSA) is 198 Å². The van der Waals surface area contributed by atoms with Crippen LogP contribution in [0.1, 0.15) is 45.0 Å². The minimum atomic E-state index is -0.529.